The molecule has 7 nitrogen and oxygen atoms in total. The summed E-state index contributed by atoms with van der Waals surface area (Å²) in [6, 6.07) is 5.40. The van der Waals surface area contributed by atoms with Gasteiger partial charge in [-0.15, -0.1) is 0 Å². The lowest BCUT2D eigenvalue weighted by molar-refractivity contribution is -0.135. The molecule has 0 saturated carbocycles. The number of aryl methyl sites for hydroxylation is 1. The Morgan fingerprint density at radius 3 is 2.92 bits per heavy atom. The summed E-state index contributed by atoms with van der Waals surface area (Å²) in [6.45, 7) is 2.71. The van der Waals surface area contributed by atoms with Gasteiger partial charge in [-0.25, -0.2) is 4.98 Å². The van der Waals surface area contributed by atoms with Crippen LogP contribution in [0.5, 0.6) is 0 Å². The number of piperidine rings is 1. The van der Waals surface area contributed by atoms with E-state index < -0.39 is 0 Å². The summed E-state index contributed by atoms with van der Waals surface area (Å²) in [6.07, 6.45) is 2.85. The number of para-hydroxylation sites is 1. The fourth-order valence-corrected chi connectivity index (χ4v) is 3.13. The molecule has 2 N–H and O–H groups in total. The Morgan fingerprint density at radius 1 is 1.38 bits per heavy atom. The van der Waals surface area contributed by atoms with Crippen LogP contribution in [0.3, 0.4) is 0 Å². The second kappa shape index (κ2) is 6.43. The SMILES string of the molecule is Cc1cccc2c(=O)n(CC(=O)N3CCCC(C(N)=O)C3)cnc12. The number of nitrogens with two attached hydrogens (primary N) is 1. The quantitative estimate of drug-likeness (QED) is 0.883. The van der Waals surface area contributed by atoms with Crippen molar-refractivity contribution in [2.45, 2.75) is 26.3 Å². The van der Waals surface area contributed by atoms with Gasteiger partial charge >= 0.3 is 0 Å². The maximum Gasteiger partial charge on any atom is 0.261 e. The van der Waals surface area contributed by atoms with Crippen molar-refractivity contribution < 1.29 is 9.59 Å². The van der Waals surface area contributed by atoms with E-state index in [1.54, 1.807) is 17.0 Å². The number of nitrogens with zero attached hydrogens (tertiary/aromatic N) is 3. The highest BCUT2D eigenvalue weighted by Gasteiger charge is 2.27. The van der Waals surface area contributed by atoms with Gasteiger partial charge in [0.05, 0.1) is 23.1 Å². The number of likely N-dealkylation sites (tertiary alicyclic amines) is 1. The molecule has 1 aromatic heterocycles. The first-order valence-electron chi connectivity index (χ1n) is 7.99. The molecule has 2 aromatic rings. The zero-order chi connectivity index (χ0) is 17.3. The van der Waals surface area contributed by atoms with Gasteiger partial charge in [0.1, 0.15) is 6.54 Å². The first-order chi connectivity index (χ1) is 11.5. The number of aromatic nitrogens is 2. The normalized spacial score (nSPS) is 17.9. The van der Waals surface area contributed by atoms with Gasteiger partial charge in [0.2, 0.25) is 11.8 Å². The number of hydrogen-bond donors (Lipinski definition) is 1. The highest BCUT2D eigenvalue weighted by Crippen LogP contribution is 2.16. The Bertz CT molecular complexity index is 859. The Hall–Kier alpha value is -2.70. The number of hydrogen-bond acceptors (Lipinski definition) is 4. The standard InChI is InChI=1S/C17H20N4O3/c1-11-4-2-6-13-15(11)19-10-21(17(13)24)9-14(22)20-7-3-5-12(8-20)16(18)23/h2,4,6,10,12H,3,5,7-9H2,1H3,(H2,18,23). The summed E-state index contributed by atoms with van der Waals surface area (Å²) < 4.78 is 1.32. The number of carbonyl (C=O) groups excluding carboxylic acids is 2. The molecule has 0 radical (unpaired) electrons. The number of benzene rings is 1. The number of rotatable bonds is 3. The molecule has 0 bridgehead atoms. The van der Waals surface area contributed by atoms with E-state index in [1.807, 2.05) is 13.0 Å². The van der Waals surface area contributed by atoms with Crippen LogP contribution >= 0.6 is 0 Å². The van der Waals surface area contributed by atoms with E-state index in [9.17, 15) is 14.4 Å². The van der Waals surface area contributed by atoms with Crippen LogP contribution in [0.1, 0.15) is 18.4 Å². The predicted octanol–water partition coefficient (Wildman–Crippen LogP) is 0.429. The van der Waals surface area contributed by atoms with Gasteiger partial charge in [0.25, 0.3) is 5.56 Å². The van der Waals surface area contributed by atoms with Gasteiger partial charge in [-0.3, -0.25) is 19.0 Å². The van der Waals surface area contributed by atoms with Gasteiger partial charge in [-0.1, -0.05) is 12.1 Å². The fourth-order valence-electron chi connectivity index (χ4n) is 3.13. The number of amides is 2. The molecule has 3 rings (SSSR count). The Balaban J connectivity index is 1.82. The third kappa shape index (κ3) is 3.02. The monoisotopic (exact) mass is 328 g/mol. The molecule has 1 saturated heterocycles. The molecular weight excluding hydrogens is 308 g/mol. The lowest BCUT2D eigenvalue weighted by Gasteiger charge is -2.31. The molecule has 1 atom stereocenters. The van der Waals surface area contributed by atoms with Gasteiger partial charge in [0.15, 0.2) is 0 Å². The van der Waals surface area contributed by atoms with Crippen LogP contribution in [0.25, 0.3) is 10.9 Å². The Kier molecular flexibility index (Phi) is 4.33. The topological polar surface area (TPSA) is 98.3 Å². The minimum atomic E-state index is -0.382. The van der Waals surface area contributed by atoms with E-state index >= 15 is 0 Å². The third-order valence-electron chi connectivity index (χ3n) is 4.54. The molecular formula is C17H20N4O3. The summed E-state index contributed by atoms with van der Waals surface area (Å²) in [5, 5.41) is 0.499. The lowest BCUT2D eigenvalue weighted by atomic mass is 9.97. The van der Waals surface area contributed by atoms with Gasteiger partial charge in [0, 0.05) is 13.1 Å². The van der Waals surface area contributed by atoms with E-state index in [1.165, 1.54) is 10.9 Å². The molecule has 7 heteroatoms. The molecule has 1 aliphatic heterocycles. The molecule has 2 heterocycles. The largest absolute Gasteiger partial charge is 0.369 e. The summed E-state index contributed by atoms with van der Waals surface area (Å²) in [4.78, 5) is 42.3. The Labute approximate surface area is 139 Å². The first-order valence-corrected chi connectivity index (χ1v) is 7.99. The van der Waals surface area contributed by atoms with Crippen molar-refractivity contribution in [1.82, 2.24) is 14.5 Å². The molecule has 0 aliphatic carbocycles. The predicted molar refractivity (Wildman–Crippen MR) is 89.2 cm³/mol. The van der Waals surface area contributed by atoms with Crippen LogP contribution in [0.4, 0.5) is 0 Å². The van der Waals surface area contributed by atoms with Crippen LogP contribution in [-0.4, -0.2) is 39.4 Å². The zero-order valence-electron chi connectivity index (χ0n) is 13.6. The maximum absolute atomic E-state index is 12.5. The Morgan fingerprint density at radius 2 is 2.17 bits per heavy atom. The fraction of sp³-hybridized carbons (Fsp3) is 0.412. The second-order valence-electron chi connectivity index (χ2n) is 6.23. The van der Waals surface area contributed by atoms with Crippen LogP contribution in [0.2, 0.25) is 0 Å². The molecule has 24 heavy (non-hydrogen) atoms. The molecule has 1 aromatic carbocycles. The summed E-state index contributed by atoms with van der Waals surface area (Å²) >= 11 is 0. The van der Waals surface area contributed by atoms with Gasteiger partial charge in [-0.2, -0.15) is 0 Å². The van der Waals surface area contributed by atoms with Crippen LogP contribution in [0, 0.1) is 12.8 Å². The maximum atomic E-state index is 12.5. The average molecular weight is 328 g/mol. The van der Waals surface area contributed by atoms with Gasteiger partial charge in [-0.05, 0) is 31.4 Å². The molecule has 1 fully saturated rings. The highest BCUT2D eigenvalue weighted by molar-refractivity contribution is 5.82. The van der Waals surface area contributed by atoms with Crippen molar-refractivity contribution in [1.29, 1.82) is 0 Å². The smallest absolute Gasteiger partial charge is 0.261 e. The molecule has 1 aliphatic rings. The average Bonchev–Trinajstić information content (AvgIpc) is 2.58. The van der Waals surface area contributed by atoms with Crippen LogP contribution in [0.15, 0.2) is 29.3 Å². The molecule has 0 spiro atoms. The lowest BCUT2D eigenvalue weighted by Crippen LogP contribution is -2.45. The molecule has 2 amide bonds. The minimum absolute atomic E-state index is 0.0821. The van der Waals surface area contributed by atoms with Crippen molar-refractivity contribution in [2.24, 2.45) is 11.7 Å². The van der Waals surface area contributed by atoms with Crippen molar-refractivity contribution >= 4 is 22.7 Å². The zero-order valence-corrected chi connectivity index (χ0v) is 13.6. The molecule has 1 unspecified atom stereocenters. The van der Waals surface area contributed by atoms with E-state index in [2.05, 4.69) is 4.98 Å². The van der Waals surface area contributed by atoms with Crippen LogP contribution in [-0.2, 0) is 16.1 Å². The number of primary amides is 1. The van der Waals surface area contributed by atoms with Crippen LogP contribution < -0.4 is 11.3 Å². The summed E-state index contributed by atoms with van der Waals surface area (Å²) in [5.74, 6) is -0.888. The van der Waals surface area contributed by atoms with E-state index in [4.69, 9.17) is 5.73 Å². The van der Waals surface area contributed by atoms with E-state index in [0.29, 0.717) is 30.4 Å². The highest BCUT2D eigenvalue weighted by atomic mass is 16.2. The van der Waals surface area contributed by atoms with Gasteiger partial charge < -0.3 is 10.6 Å². The van der Waals surface area contributed by atoms with Crippen molar-refractivity contribution in [3.05, 3.63) is 40.4 Å². The molecule has 126 valence electrons. The number of fused-ring (bicyclic) bond motifs is 1. The van der Waals surface area contributed by atoms with Crippen molar-refractivity contribution in [2.75, 3.05) is 13.1 Å². The summed E-state index contributed by atoms with van der Waals surface area (Å²) in [7, 11) is 0. The second-order valence-corrected chi connectivity index (χ2v) is 6.23. The van der Waals surface area contributed by atoms with E-state index in [0.717, 1.165) is 12.0 Å². The first kappa shape index (κ1) is 16.2. The third-order valence-corrected chi connectivity index (χ3v) is 4.54. The van der Waals surface area contributed by atoms with Crippen molar-refractivity contribution in [3.8, 4) is 0 Å². The van der Waals surface area contributed by atoms with E-state index in [-0.39, 0.29) is 29.8 Å². The number of carbonyl (C=O) groups is 2. The minimum Gasteiger partial charge on any atom is -0.369 e. The summed E-state index contributed by atoms with van der Waals surface area (Å²) in [5.41, 5.74) is 6.68. The van der Waals surface area contributed by atoms with Crippen molar-refractivity contribution in [3.63, 3.8) is 0 Å².